The summed E-state index contributed by atoms with van der Waals surface area (Å²) in [6, 6.07) is 2.04. The highest BCUT2D eigenvalue weighted by Crippen LogP contribution is 1.90. The molecule has 0 aliphatic heterocycles. The number of aryl methyl sites for hydroxylation is 2. The van der Waals surface area contributed by atoms with Crippen molar-refractivity contribution >= 4 is 0 Å². The first-order valence-electron chi connectivity index (χ1n) is 3.84. The van der Waals surface area contributed by atoms with Crippen LogP contribution in [0.3, 0.4) is 0 Å². The van der Waals surface area contributed by atoms with Crippen molar-refractivity contribution in [3.63, 3.8) is 0 Å². The van der Waals surface area contributed by atoms with Gasteiger partial charge in [-0.25, -0.2) is 4.79 Å². The number of hydrogen-bond acceptors (Lipinski definition) is 2. The Hall–Kier alpha value is -1.50. The molecule has 0 aromatic carbocycles. The molecule has 0 saturated carbocycles. The number of nitriles is 1. The van der Waals surface area contributed by atoms with Crippen LogP contribution in [0.2, 0.25) is 0 Å². The Morgan fingerprint density at radius 3 is 2.83 bits per heavy atom. The van der Waals surface area contributed by atoms with Gasteiger partial charge >= 0.3 is 5.69 Å². The minimum atomic E-state index is -0.0204. The molecule has 0 atom stereocenters. The van der Waals surface area contributed by atoms with E-state index in [9.17, 15) is 4.79 Å². The number of imidazole rings is 1. The van der Waals surface area contributed by atoms with Gasteiger partial charge in [0.05, 0.1) is 6.07 Å². The minimum absolute atomic E-state index is 0.0204. The van der Waals surface area contributed by atoms with Crippen LogP contribution in [0.4, 0.5) is 0 Å². The van der Waals surface area contributed by atoms with Gasteiger partial charge in [0.25, 0.3) is 0 Å². The molecule has 0 bridgehead atoms. The van der Waals surface area contributed by atoms with Crippen molar-refractivity contribution in [2.45, 2.75) is 19.4 Å². The van der Waals surface area contributed by atoms with Crippen LogP contribution >= 0.6 is 0 Å². The lowest BCUT2D eigenvalue weighted by Gasteiger charge is -1.96. The molecule has 0 N–H and O–H groups in total. The molecule has 0 fully saturated rings. The van der Waals surface area contributed by atoms with Crippen molar-refractivity contribution in [1.29, 1.82) is 5.26 Å². The molecule has 1 aromatic heterocycles. The van der Waals surface area contributed by atoms with E-state index >= 15 is 0 Å². The second kappa shape index (κ2) is 3.77. The second-order valence-corrected chi connectivity index (χ2v) is 2.65. The van der Waals surface area contributed by atoms with E-state index in [-0.39, 0.29) is 5.69 Å². The molecule has 1 rings (SSSR count). The summed E-state index contributed by atoms with van der Waals surface area (Å²) in [7, 11) is 1.71. The lowest BCUT2D eigenvalue weighted by atomic mass is 10.3. The van der Waals surface area contributed by atoms with Gasteiger partial charge in [0, 0.05) is 32.4 Å². The van der Waals surface area contributed by atoms with E-state index in [1.54, 1.807) is 24.0 Å². The van der Waals surface area contributed by atoms with Gasteiger partial charge in [0.1, 0.15) is 0 Å². The predicted octanol–water partition coefficient (Wildman–Crippen LogP) is 0.491. The fourth-order valence-corrected chi connectivity index (χ4v) is 1.01. The second-order valence-electron chi connectivity index (χ2n) is 2.65. The summed E-state index contributed by atoms with van der Waals surface area (Å²) >= 11 is 0. The van der Waals surface area contributed by atoms with E-state index in [1.165, 1.54) is 4.57 Å². The summed E-state index contributed by atoms with van der Waals surface area (Å²) in [5, 5.41) is 8.28. The van der Waals surface area contributed by atoms with Crippen LogP contribution in [-0.4, -0.2) is 9.13 Å². The van der Waals surface area contributed by atoms with E-state index < -0.39 is 0 Å². The lowest BCUT2D eigenvalue weighted by Crippen LogP contribution is -2.21. The molecular weight excluding hydrogens is 154 g/mol. The van der Waals surface area contributed by atoms with Crippen molar-refractivity contribution in [1.82, 2.24) is 9.13 Å². The molecule has 0 amide bonds. The summed E-state index contributed by atoms with van der Waals surface area (Å²) in [6.45, 7) is 0.632. The summed E-state index contributed by atoms with van der Waals surface area (Å²) in [4.78, 5) is 11.2. The van der Waals surface area contributed by atoms with Gasteiger partial charge in [-0.05, 0) is 6.42 Å². The molecule has 0 aliphatic carbocycles. The first-order valence-corrected chi connectivity index (χ1v) is 3.84. The van der Waals surface area contributed by atoms with Crippen LogP contribution in [0.5, 0.6) is 0 Å². The summed E-state index contributed by atoms with van der Waals surface area (Å²) in [5.74, 6) is 0. The number of nitrogens with zero attached hydrogens (tertiary/aromatic N) is 3. The molecule has 4 heteroatoms. The predicted molar refractivity (Wildman–Crippen MR) is 44.5 cm³/mol. The van der Waals surface area contributed by atoms with E-state index in [0.29, 0.717) is 13.0 Å². The maximum absolute atomic E-state index is 11.2. The van der Waals surface area contributed by atoms with Gasteiger partial charge in [-0.1, -0.05) is 0 Å². The van der Waals surface area contributed by atoms with Crippen LogP contribution in [0.15, 0.2) is 17.2 Å². The lowest BCUT2D eigenvalue weighted by molar-refractivity contribution is 0.618. The Morgan fingerprint density at radius 2 is 2.33 bits per heavy atom. The highest BCUT2D eigenvalue weighted by molar-refractivity contribution is 4.80. The third kappa shape index (κ3) is 1.76. The molecule has 64 valence electrons. The number of hydrogen-bond donors (Lipinski definition) is 0. The molecule has 1 heterocycles. The van der Waals surface area contributed by atoms with Crippen molar-refractivity contribution in [3.05, 3.63) is 22.9 Å². The van der Waals surface area contributed by atoms with E-state index in [0.717, 1.165) is 6.42 Å². The quantitative estimate of drug-likeness (QED) is 0.612. The normalized spacial score (nSPS) is 9.67. The first kappa shape index (κ1) is 8.60. The van der Waals surface area contributed by atoms with E-state index in [2.05, 4.69) is 0 Å². The Morgan fingerprint density at radius 1 is 1.58 bits per heavy atom. The highest BCUT2D eigenvalue weighted by atomic mass is 16.1. The first-order chi connectivity index (χ1) is 5.75. The Bertz CT molecular complexity index is 342. The molecule has 12 heavy (non-hydrogen) atoms. The average Bonchev–Trinajstić information content (AvgIpc) is 2.36. The van der Waals surface area contributed by atoms with E-state index in [4.69, 9.17) is 5.26 Å². The molecular formula is C8H11N3O. The molecule has 0 aliphatic rings. The molecule has 0 radical (unpaired) electrons. The largest absolute Gasteiger partial charge is 0.327 e. The molecule has 0 spiro atoms. The fraction of sp³-hybridized carbons (Fsp3) is 0.500. The monoisotopic (exact) mass is 165 g/mol. The van der Waals surface area contributed by atoms with Gasteiger partial charge in [-0.2, -0.15) is 5.26 Å². The maximum Gasteiger partial charge on any atom is 0.327 e. The van der Waals surface area contributed by atoms with Gasteiger partial charge in [0.2, 0.25) is 0 Å². The van der Waals surface area contributed by atoms with Crippen molar-refractivity contribution in [2.24, 2.45) is 7.05 Å². The SMILES string of the molecule is Cn1ccn(CCCC#N)c1=O. The third-order valence-electron chi connectivity index (χ3n) is 1.71. The van der Waals surface area contributed by atoms with Gasteiger partial charge < -0.3 is 4.57 Å². The van der Waals surface area contributed by atoms with Crippen molar-refractivity contribution in [2.75, 3.05) is 0 Å². The highest BCUT2D eigenvalue weighted by Gasteiger charge is 1.97. The fourth-order valence-electron chi connectivity index (χ4n) is 1.01. The summed E-state index contributed by atoms with van der Waals surface area (Å²) < 4.78 is 3.13. The zero-order valence-corrected chi connectivity index (χ0v) is 7.03. The average molecular weight is 165 g/mol. The maximum atomic E-state index is 11.2. The molecule has 1 aromatic rings. The van der Waals surface area contributed by atoms with Crippen molar-refractivity contribution in [3.8, 4) is 6.07 Å². The zero-order valence-electron chi connectivity index (χ0n) is 7.03. The van der Waals surface area contributed by atoms with Crippen LogP contribution in [0.1, 0.15) is 12.8 Å². The molecule has 0 saturated heterocycles. The van der Waals surface area contributed by atoms with Crippen LogP contribution < -0.4 is 5.69 Å². The standard InChI is InChI=1S/C8H11N3O/c1-10-6-7-11(8(10)12)5-3-2-4-9/h6-7H,2-3,5H2,1H3. The zero-order chi connectivity index (χ0) is 8.97. The van der Waals surface area contributed by atoms with Gasteiger partial charge in [-0.15, -0.1) is 0 Å². The number of rotatable bonds is 3. The topological polar surface area (TPSA) is 50.7 Å². The molecule has 0 unspecified atom stereocenters. The summed E-state index contributed by atoms with van der Waals surface area (Å²) in [6.07, 6.45) is 4.69. The summed E-state index contributed by atoms with van der Waals surface area (Å²) in [5.41, 5.74) is -0.0204. The van der Waals surface area contributed by atoms with Gasteiger partial charge in [-0.3, -0.25) is 4.57 Å². The van der Waals surface area contributed by atoms with Gasteiger partial charge in [0.15, 0.2) is 0 Å². The number of unbranched alkanes of at least 4 members (excludes halogenated alkanes) is 1. The Labute approximate surface area is 70.7 Å². The van der Waals surface area contributed by atoms with E-state index in [1.807, 2.05) is 6.07 Å². The Kier molecular flexibility index (Phi) is 2.70. The minimum Gasteiger partial charge on any atom is -0.302 e. The third-order valence-corrected chi connectivity index (χ3v) is 1.71. The van der Waals surface area contributed by atoms with Crippen LogP contribution in [0, 0.1) is 11.3 Å². The Balaban J connectivity index is 2.59. The van der Waals surface area contributed by atoms with Crippen LogP contribution in [0.25, 0.3) is 0 Å². The van der Waals surface area contributed by atoms with Crippen molar-refractivity contribution < 1.29 is 0 Å². The smallest absolute Gasteiger partial charge is 0.302 e. The van der Waals surface area contributed by atoms with Crippen LogP contribution in [-0.2, 0) is 13.6 Å². The number of aromatic nitrogens is 2. The molecule has 4 nitrogen and oxygen atoms in total.